The number of rotatable bonds is 4. The smallest absolute Gasteiger partial charge is 0.151 e. The van der Waals surface area contributed by atoms with Crippen LogP contribution < -0.4 is 11.1 Å². The molecule has 2 rings (SSSR count). The lowest BCUT2D eigenvalue weighted by molar-refractivity contribution is 0.655. The molecule has 2 aromatic rings. The summed E-state index contributed by atoms with van der Waals surface area (Å²) >= 11 is 0. The standard InChI is InChI=1S/C10H17N7/c1-4-17-10(9(11)7(2)15-17)12-5-8-14-13-6-16(8)3/h6,12H,4-5,11H2,1-3H3. The highest BCUT2D eigenvalue weighted by Gasteiger charge is 2.11. The first-order chi connectivity index (χ1) is 8.13. The van der Waals surface area contributed by atoms with Crippen molar-refractivity contribution < 1.29 is 0 Å². The molecule has 7 nitrogen and oxygen atoms in total. The molecule has 0 aliphatic rings. The number of aromatic nitrogens is 5. The van der Waals surface area contributed by atoms with Crippen LogP contribution in [-0.2, 0) is 20.1 Å². The molecule has 0 spiro atoms. The van der Waals surface area contributed by atoms with Gasteiger partial charge in [-0.2, -0.15) is 5.10 Å². The molecule has 0 aliphatic heterocycles. The summed E-state index contributed by atoms with van der Waals surface area (Å²) in [5.74, 6) is 1.69. The van der Waals surface area contributed by atoms with Gasteiger partial charge in [-0.3, -0.25) is 0 Å². The molecule has 0 atom stereocenters. The van der Waals surface area contributed by atoms with Gasteiger partial charge in [0.2, 0.25) is 0 Å². The molecule has 3 N–H and O–H groups in total. The third-order valence-electron chi connectivity index (χ3n) is 2.69. The van der Waals surface area contributed by atoms with Crippen molar-refractivity contribution in [3.05, 3.63) is 17.8 Å². The van der Waals surface area contributed by atoms with E-state index < -0.39 is 0 Å². The van der Waals surface area contributed by atoms with Crippen molar-refractivity contribution >= 4 is 11.5 Å². The minimum absolute atomic E-state index is 0.575. The number of hydrogen-bond donors (Lipinski definition) is 2. The summed E-state index contributed by atoms with van der Waals surface area (Å²) in [7, 11) is 1.91. The van der Waals surface area contributed by atoms with Crippen molar-refractivity contribution in [2.45, 2.75) is 26.9 Å². The van der Waals surface area contributed by atoms with E-state index in [2.05, 4.69) is 20.6 Å². The maximum absolute atomic E-state index is 5.97. The highest BCUT2D eigenvalue weighted by atomic mass is 15.3. The second-order valence-electron chi connectivity index (χ2n) is 3.88. The Labute approximate surface area is 99.6 Å². The van der Waals surface area contributed by atoms with Gasteiger partial charge in [0.25, 0.3) is 0 Å². The fourth-order valence-electron chi connectivity index (χ4n) is 1.64. The van der Waals surface area contributed by atoms with Crippen molar-refractivity contribution in [3.8, 4) is 0 Å². The molecule has 0 unspecified atom stereocenters. The molecule has 7 heteroatoms. The Morgan fingerprint density at radius 3 is 2.82 bits per heavy atom. The quantitative estimate of drug-likeness (QED) is 0.807. The van der Waals surface area contributed by atoms with Crippen molar-refractivity contribution in [1.82, 2.24) is 24.5 Å². The molecular weight excluding hydrogens is 218 g/mol. The van der Waals surface area contributed by atoms with Crippen LogP contribution in [0.15, 0.2) is 6.33 Å². The minimum atomic E-state index is 0.575. The predicted molar refractivity (Wildman–Crippen MR) is 65.4 cm³/mol. The number of nitrogens with zero attached hydrogens (tertiary/aromatic N) is 5. The van der Waals surface area contributed by atoms with Crippen LogP contribution in [0.5, 0.6) is 0 Å². The molecule has 92 valence electrons. The van der Waals surface area contributed by atoms with Gasteiger partial charge in [-0.1, -0.05) is 0 Å². The third kappa shape index (κ3) is 2.08. The normalized spacial score (nSPS) is 10.8. The molecule has 17 heavy (non-hydrogen) atoms. The Morgan fingerprint density at radius 1 is 1.47 bits per heavy atom. The molecule has 0 saturated heterocycles. The molecular formula is C10H17N7. The van der Waals surface area contributed by atoms with Crippen LogP contribution in [0.2, 0.25) is 0 Å². The first-order valence-corrected chi connectivity index (χ1v) is 5.53. The van der Waals surface area contributed by atoms with Crippen molar-refractivity contribution in [2.75, 3.05) is 11.1 Å². The molecule has 0 amide bonds. The highest BCUT2D eigenvalue weighted by Crippen LogP contribution is 2.22. The van der Waals surface area contributed by atoms with Gasteiger partial charge >= 0.3 is 0 Å². The molecule has 0 radical (unpaired) electrons. The van der Waals surface area contributed by atoms with E-state index in [1.165, 1.54) is 0 Å². The summed E-state index contributed by atoms with van der Waals surface area (Å²) in [5.41, 5.74) is 7.50. The van der Waals surface area contributed by atoms with E-state index in [0.29, 0.717) is 12.2 Å². The van der Waals surface area contributed by atoms with E-state index in [9.17, 15) is 0 Å². The second kappa shape index (κ2) is 4.44. The van der Waals surface area contributed by atoms with Gasteiger partial charge in [0.05, 0.1) is 17.9 Å². The third-order valence-corrected chi connectivity index (χ3v) is 2.69. The fraction of sp³-hybridized carbons (Fsp3) is 0.500. The van der Waals surface area contributed by atoms with E-state index in [0.717, 1.165) is 23.9 Å². The Hall–Kier alpha value is -2.05. The Kier molecular flexibility index (Phi) is 2.99. The minimum Gasteiger partial charge on any atom is -0.394 e. The number of anilines is 2. The summed E-state index contributed by atoms with van der Waals surface area (Å²) in [6.45, 7) is 5.28. The van der Waals surface area contributed by atoms with Gasteiger partial charge in [0.1, 0.15) is 12.1 Å². The maximum Gasteiger partial charge on any atom is 0.151 e. The topological polar surface area (TPSA) is 86.6 Å². The van der Waals surface area contributed by atoms with Crippen LogP contribution in [0.4, 0.5) is 11.5 Å². The highest BCUT2D eigenvalue weighted by molar-refractivity contribution is 5.64. The number of nitrogen functional groups attached to an aromatic ring is 1. The first kappa shape index (κ1) is 11.4. The van der Waals surface area contributed by atoms with Crippen molar-refractivity contribution in [3.63, 3.8) is 0 Å². The van der Waals surface area contributed by atoms with Crippen molar-refractivity contribution in [1.29, 1.82) is 0 Å². The summed E-state index contributed by atoms with van der Waals surface area (Å²) in [5, 5.41) is 15.4. The number of aryl methyl sites for hydroxylation is 3. The van der Waals surface area contributed by atoms with E-state index in [1.54, 1.807) is 6.33 Å². The number of nitrogens with two attached hydrogens (primary N) is 1. The van der Waals surface area contributed by atoms with Crippen LogP contribution in [0, 0.1) is 6.92 Å². The lowest BCUT2D eigenvalue weighted by Crippen LogP contribution is -2.11. The van der Waals surface area contributed by atoms with Gasteiger partial charge in [-0.25, -0.2) is 4.68 Å². The first-order valence-electron chi connectivity index (χ1n) is 5.53. The fourth-order valence-corrected chi connectivity index (χ4v) is 1.64. The van der Waals surface area contributed by atoms with Crippen LogP contribution in [0.3, 0.4) is 0 Å². The summed E-state index contributed by atoms with van der Waals surface area (Å²) in [6.07, 6.45) is 1.67. The van der Waals surface area contributed by atoms with Gasteiger partial charge in [-0.15, -0.1) is 10.2 Å². The number of nitrogens with one attached hydrogen (secondary N) is 1. The van der Waals surface area contributed by atoms with Crippen LogP contribution in [0.25, 0.3) is 0 Å². The number of hydrogen-bond acceptors (Lipinski definition) is 5. The summed E-state index contributed by atoms with van der Waals surface area (Å²) < 4.78 is 3.71. The Balaban J connectivity index is 2.16. The van der Waals surface area contributed by atoms with Gasteiger partial charge in [-0.05, 0) is 13.8 Å². The van der Waals surface area contributed by atoms with Gasteiger partial charge in [0.15, 0.2) is 5.82 Å². The molecule has 0 bridgehead atoms. The van der Waals surface area contributed by atoms with Crippen LogP contribution in [-0.4, -0.2) is 24.5 Å². The zero-order chi connectivity index (χ0) is 12.4. The van der Waals surface area contributed by atoms with E-state index in [-0.39, 0.29) is 0 Å². The largest absolute Gasteiger partial charge is 0.394 e. The lowest BCUT2D eigenvalue weighted by Gasteiger charge is -2.08. The SMILES string of the molecule is CCn1nc(C)c(N)c1NCc1nncn1C. The van der Waals surface area contributed by atoms with E-state index in [4.69, 9.17) is 5.73 Å². The molecule has 2 aromatic heterocycles. The zero-order valence-corrected chi connectivity index (χ0v) is 10.3. The molecule has 0 aromatic carbocycles. The van der Waals surface area contributed by atoms with Gasteiger partial charge in [0, 0.05) is 13.6 Å². The van der Waals surface area contributed by atoms with E-state index in [1.807, 2.05) is 30.1 Å². The lowest BCUT2D eigenvalue weighted by atomic mass is 10.4. The average molecular weight is 235 g/mol. The summed E-state index contributed by atoms with van der Waals surface area (Å²) in [6, 6.07) is 0. The predicted octanol–water partition coefficient (Wildman–Crippen LogP) is 0.534. The average Bonchev–Trinajstić information content (AvgIpc) is 2.83. The van der Waals surface area contributed by atoms with E-state index >= 15 is 0 Å². The monoisotopic (exact) mass is 235 g/mol. The van der Waals surface area contributed by atoms with Gasteiger partial charge < -0.3 is 15.6 Å². The Bertz CT molecular complexity index is 511. The molecule has 0 fully saturated rings. The summed E-state index contributed by atoms with van der Waals surface area (Å²) in [4.78, 5) is 0. The molecule has 2 heterocycles. The molecule has 0 aliphatic carbocycles. The van der Waals surface area contributed by atoms with Crippen LogP contribution in [0.1, 0.15) is 18.4 Å². The maximum atomic E-state index is 5.97. The Morgan fingerprint density at radius 2 is 2.24 bits per heavy atom. The van der Waals surface area contributed by atoms with Crippen molar-refractivity contribution in [2.24, 2.45) is 7.05 Å². The zero-order valence-electron chi connectivity index (χ0n) is 10.3. The second-order valence-corrected chi connectivity index (χ2v) is 3.88. The molecule has 0 saturated carbocycles. The van der Waals surface area contributed by atoms with Crippen LogP contribution >= 0.6 is 0 Å².